The maximum atomic E-state index is 3.29. The van der Waals surface area contributed by atoms with Crippen LogP contribution in [0.1, 0.15) is 19.3 Å². The van der Waals surface area contributed by atoms with Crippen molar-refractivity contribution in [3.05, 3.63) is 47.6 Å². The van der Waals surface area contributed by atoms with E-state index in [-0.39, 0.29) is 26.2 Å². The van der Waals surface area contributed by atoms with Gasteiger partial charge < -0.3 is 0 Å². The Morgan fingerprint density at radius 1 is 1.00 bits per heavy atom. The summed E-state index contributed by atoms with van der Waals surface area (Å²) in [5, 5.41) is 0. The van der Waals surface area contributed by atoms with Crippen molar-refractivity contribution in [2.45, 2.75) is 19.3 Å². The molecule has 0 unspecified atom stereocenters. The molecule has 0 aromatic carbocycles. The first-order chi connectivity index (χ1) is 5.45. The van der Waals surface area contributed by atoms with Crippen LogP contribution in [0.25, 0.3) is 0 Å². The molecule has 2 rings (SSSR count). The van der Waals surface area contributed by atoms with Crippen LogP contribution >= 0.6 is 0 Å². The number of hydrogen-bond acceptors (Lipinski definition) is 0. The van der Waals surface area contributed by atoms with Crippen LogP contribution in [0.3, 0.4) is 0 Å². The van der Waals surface area contributed by atoms with E-state index in [0.717, 1.165) is 19.3 Å². The van der Waals surface area contributed by atoms with E-state index in [2.05, 4.69) is 36.5 Å². The monoisotopic (exact) mass is 232 g/mol. The minimum atomic E-state index is 0. The summed E-state index contributed by atoms with van der Waals surface area (Å²) in [6, 6.07) is 0. The maximum Gasteiger partial charge on any atom is 2.00 e. The van der Waals surface area contributed by atoms with Gasteiger partial charge in [0.15, 0.2) is 0 Å². The summed E-state index contributed by atoms with van der Waals surface area (Å²) in [4.78, 5) is 0. The van der Waals surface area contributed by atoms with Crippen molar-refractivity contribution in [2.75, 3.05) is 0 Å². The fourth-order valence-electron chi connectivity index (χ4n) is 1.35. The summed E-state index contributed by atoms with van der Waals surface area (Å²) in [5.41, 5.74) is 2.64. The Kier molecular flexibility index (Phi) is 3.94. The van der Waals surface area contributed by atoms with Crippen molar-refractivity contribution in [3.8, 4) is 0 Å². The number of rotatable bonds is 2. The molecule has 0 saturated carbocycles. The molecule has 0 aliphatic heterocycles. The molecule has 0 nitrogen and oxygen atoms in total. The maximum absolute atomic E-state index is 3.29. The largest absolute Gasteiger partial charge is 2.00 e. The van der Waals surface area contributed by atoms with Gasteiger partial charge >= 0.3 is 26.2 Å². The van der Waals surface area contributed by atoms with Crippen LogP contribution in [0.4, 0.5) is 0 Å². The van der Waals surface area contributed by atoms with Crippen LogP contribution < -0.4 is 0 Å². The Hall–Kier alpha value is -0.157. The Balaban J connectivity index is 0.000000720. The third-order valence-corrected chi connectivity index (χ3v) is 1.91. The van der Waals surface area contributed by atoms with E-state index in [1.807, 2.05) is 0 Å². The van der Waals surface area contributed by atoms with Crippen molar-refractivity contribution in [1.29, 1.82) is 0 Å². The molecule has 2 aliphatic carbocycles. The summed E-state index contributed by atoms with van der Waals surface area (Å²) in [7, 11) is 0. The molecule has 0 aromatic rings. The molecule has 0 fully saturated rings. The van der Waals surface area contributed by atoms with Crippen molar-refractivity contribution in [2.24, 2.45) is 0 Å². The van der Waals surface area contributed by atoms with Crippen LogP contribution in [0.2, 0.25) is 0 Å². The summed E-state index contributed by atoms with van der Waals surface area (Å²) in [6.07, 6.45) is 18.2. The normalized spacial score (nSPS) is 19.0. The van der Waals surface area contributed by atoms with Gasteiger partial charge in [0, 0.05) is 0 Å². The van der Waals surface area contributed by atoms with Gasteiger partial charge in [0.1, 0.15) is 0 Å². The van der Waals surface area contributed by atoms with Crippen molar-refractivity contribution in [3.63, 3.8) is 0 Å². The molecule has 0 amide bonds. The second kappa shape index (κ2) is 4.77. The van der Waals surface area contributed by atoms with Crippen LogP contribution in [0.5, 0.6) is 0 Å². The van der Waals surface area contributed by atoms with Crippen LogP contribution in [0.15, 0.2) is 35.5 Å². The Bertz CT molecular complexity index is 239. The quantitative estimate of drug-likeness (QED) is 0.643. The number of allylic oxidation sites excluding steroid dienone is 8. The Morgan fingerprint density at radius 3 is 1.83 bits per heavy atom. The van der Waals surface area contributed by atoms with Crippen molar-refractivity contribution >= 4 is 0 Å². The van der Waals surface area contributed by atoms with Gasteiger partial charge in [0.25, 0.3) is 0 Å². The van der Waals surface area contributed by atoms with E-state index in [9.17, 15) is 0 Å². The molecule has 1 heteroatoms. The molecule has 0 heterocycles. The van der Waals surface area contributed by atoms with E-state index >= 15 is 0 Å². The van der Waals surface area contributed by atoms with Gasteiger partial charge in [-0.3, -0.25) is 12.2 Å². The zero-order chi connectivity index (χ0) is 7.52. The molecule has 0 radical (unpaired) electrons. The molecule has 2 aliphatic rings. The molecule has 0 N–H and O–H groups in total. The summed E-state index contributed by atoms with van der Waals surface area (Å²) in [5.74, 6) is 0. The Morgan fingerprint density at radius 2 is 1.50 bits per heavy atom. The van der Waals surface area contributed by atoms with Gasteiger partial charge in [-0.05, 0) is 0 Å². The van der Waals surface area contributed by atoms with Crippen LogP contribution in [0, 0.1) is 12.2 Å². The molecular formula is C11H10Zr. The average molecular weight is 233 g/mol. The van der Waals surface area contributed by atoms with E-state index in [1.165, 1.54) is 11.1 Å². The smallest absolute Gasteiger partial charge is 0.269 e. The number of hydrogen-bond donors (Lipinski definition) is 0. The zero-order valence-electron chi connectivity index (χ0n) is 6.93. The second-order valence-electron chi connectivity index (χ2n) is 2.79. The first kappa shape index (κ1) is 9.93. The minimum absolute atomic E-state index is 0. The summed E-state index contributed by atoms with van der Waals surface area (Å²) >= 11 is 0. The fraction of sp³-hybridized carbons (Fsp3) is 0.273. The van der Waals surface area contributed by atoms with E-state index in [1.54, 1.807) is 0 Å². The van der Waals surface area contributed by atoms with Gasteiger partial charge in [-0.1, -0.05) is 6.42 Å². The third-order valence-electron chi connectivity index (χ3n) is 1.91. The molecule has 0 atom stereocenters. The molecule has 12 heavy (non-hydrogen) atoms. The van der Waals surface area contributed by atoms with Crippen molar-refractivity contribution in [1.82, 2.24) is 0 Å². The molecular weight excluding hydrogens is 223 g/mol. The van der Waals surface area contributed by atoms with Crippen molar-refractivity contribution < 1.29 is 26.2 Å². The third kappa shape index (κ3) is 2.42. The molecule has 0 saturated heterocycles. The van der Waals surface area contributed by atoms with E-state index in [4.69, 9.17) is 0 Å². The summed E-state index contributed by atoms with van der Waals surface area (Å²) < 4.78 is 0. The Labute approximate surface area is 92.9 Å². The predicted octanol–water partition coefficient (Wildman–Crippen LogP) is 2.75. The molecule has 0 spiro atoms. The second-order valence-corrected chi connectivity index (χ2v) is 2.79. The first-order valence-corrected chi connectivity index (χ1v) is 3.97. The predicted molar refractivity (Wildman–Crippen MR) is 45.6 cm³/mol. The van der Waals surface area contributed by atoms with E-state index < -0.39 is 0 Å². The summed E-state index contributed by atoms with van der Waals surface area (Å²) in [6.45, 7) is 0. The first-order valence-electron chi connectivity index (χ1n) is 3.97. The topological polar surface area (TPSA) is 0 Å². The van der Waals surface area contributed by atoms with Gasteiger partial charge in [-0.25, -0.2) is 23.3 Å². The fourth-order valence-corrected chi connectivity index (χ4v) is 1.35. The van der Waals surface area contributed by atoms with Crippen LogP contribution in [-0.4, -0.2) is 0 Å². The van der Waals surface area contributed by atoms with Gasteiger partial charge in [-0.2, -0.15) is 12.2 Å². The molecule has 0 bridgehead atoms. The SMILES string of the molecule is [C-]1=C(CC2=[C-]CC=C2)C=CC1.[Zr+2]. The van der Waals surface area contributed by atoms with Gasteiger partial charge in [-0.15, -0.1) is 12.8 Å². The minimum Gasteiger partial charge on any atom is -0.269 e. The standard InChI is InChI=1S/C11H10.Zr/c1-2-6-10(5-1)9-11-7-3-4-8-11;/h1,3,5,7H,2,4,9H2;/q-2;+2. The van der Waals surface area contributed by atoms with Gasteiger partial charge in [0.2, 0.25) is 0 Å². The molecule has 58 valence electrons. The van der Waals surface area contributed by atoms with Crippen LogP contribution in [-0.2, 0) is 26.2 Å². The average Bonchev–Trinajstić information content (AvgIpc) is 2.60. The van der Waals surface area contributed by atoms with E-state index in [0.29, 0.717) is 0 Å². The van der Waals surface area contributed by atoms with Gasteiger partial charge in [0.05, 0.1) is 0 Å². The zero-order valence-corrected chi connectivity index (χ0v) is 9.39. The molecule has 0 aromatic heterocycles.